The van der Waals surface area contributed by atoms with Crippen LogP contribution in [0.15, 0.2) is 29.1 Å². The summed E-state index contributed by atoms with van der Waals surface area (Å²) in [6.07, 6.45) is 3.41. The first kappa shape index (κ1) is 28.4. The number of H-pyrrole nitrogens is 1. The molecule has 4 heterocycles. The average Bonchev–Trinajstić information content (AvgIpc) is 3.17. The summed E-state index contributed by atoms with van der Waals surface area (Å²) in [6.45, 7) is 5.09. The molecular formula is C29H40N4O6S. The Labute approximate surface area is 237 Å². The summed E-state index contributed by atoms with van der Waals surface area (Å²) >= 11 is -1.04. The molecule has 2 bridgehead atoms. The van der Waals surface area contributed by atoms with Gasteiger partial charge in [0.1, 0.15) is 11.6 Å². The highest BCUT2D eigenvalue weighted by Gasteiger charge is 2.42. The van der Waals surface area contributed by atoms with E-state index in [1.165, 1.54) is 12.0 Å². The number of benzene rings is 1. The molecule has 3 fully saturated rings. The van der Waals surface area contributed by atoms with Crippen molar-refractivity contribution in [3.8, 4) is 0 Å². The van der Waals surface area contributed by atoms with Crippen molar-refractivity contribution in [2.75, 3.05) is 26.0 Å². The third-order valence-corrected chi connectivity index (χ3v) is 10.4. The monoisotopic (exact) mass is 572 g/mol. The van der Waals surface area contributed by atoms with Gasteiger partial charge in [0.05, 0.1) is 7.11 Å². The smallest absolute Gasteiger partial charge is 0.410 e. The average molecular weight is 573 g/mol. The topological polar surface area (TPSA) is 129 Å². The van der Waals surface area contributed by atoms with Crippen LogP contribution in [0.4, 0.5) is 4.79 Å². The van der Waals surface area contributed by atoms with E-state index in [1.54, 1.807) is 6.07 Å². The maximum atomic E-state index is 13.2. The molecule has 5 rings (SSSR count). The van der Waals surface area contributed by atoms with Crippen LogP contribution >= 0.6 is 11.8 Å². The van der Waals surface area contributed by atoms with Crippen LogP contribution in [0.3, 0.4) is 0 Å². The van der Waals surface area contributed by atoms with Crippen molar-refractivity contribution in [3.63, 3.8) is 0 Å². The van der Waals surface area contributed by atoms with E-state index in [9.17, 15) is 24.0 Å². The molecule has 1 unspecified atom stereocenters. The number of aromatic nitrogens is 1. The van der Waals surface area contributed by atoms with E-state index in [1.807, 2.05) is 18.2 Å². The number of ketones is 1. The van der Waals surface area contributed by atoms with Crippen LogP contribution in [0, 0.1) is 0 Å². The number of fused-ring (bicyclic) bond motifs is 3. The number of ether oxygens (including phenoxy) is 1. The number of nitrogens with zero attached hydrogens (tertiary/aromatic N) is 2. The van der Waals surface area contributed by atoms with Crippen molar-refractivity contribution >= 4 is 45.6 Å². The van der Waals surface area contributed by atoms with E-state index >= 15 is 0 Å². The van der Waals surface area contributed by atoms with Crippen molar-refractivity contribution in [3.05, 3.63) is 45.7 Å². The predicted octanol–water partition coefficient (Wildman–Crippen LogP) is 1.98. The van der Waals surface area contributed by atoms with Crippen molar-refractivity contribution < 1.29 is 23.9 Å². The lowest BCUT2D eigenvalue weighted by atomic mass is 9.96. The van der Waals surface area contributed by atoms with Crippen LogP contribution in [-0.2, 0) is 14.3 Å². The van der Waals surface area contributed by atoms with E-state index < -0.39 is 35.2 Å². The number of methoxy groups -OCH3 is 1. The van der Waals surface area contributed by atoms with Gasteiger partial charge < -0.3 is 15.0 Å². The Bertz CT molecular complexity index is 1380. The number of pyridine rings is 1. The second-order valence-corrected chi connectivity index (χ2v) is 13.5. The Kier molecular flexibility index (Phi) is 8.32. The highest BCUT2D eigenvalue weighted by Crippen LogP contribution is 2.36. The van der Waals surface area contributed by atoms with Crippen LogP contribution in [0.5, 0.6) is 0 Å². The Balaban J connectivity index is 1.23. The van der Waals surface area contributed by atoms with Gasteiger partial charge in [0.15, 0.2) is 0 Å². The molecule has 218 valence electrons. The summed E-state index contributed by atoms with van der Waals surface area (Å²) in [5.41, 5.74) is 1.57. The van der Waals surface area contributed by atoms with Crippen LogP contribution in [0.2, 0.25) is 0 Å². The van der Waals surface area contributed by atoms with Crippen molar-refractivity contribution in [1.29, 1.82) is 0 Å². The molecule has 3 saturated heterocycles. The molecule has 0 aliphatic carbocycles. The second kappa shape index (κ2) is 11.7. The summed E-state index contributed by atoms with van der Waals surface area (Å²) < 4.78 is 4.96. The van der Waals surface area contributed by atoms with Crippen LogP contribution in [0.25, 0.3) is 10.9 Å². The summed E-state index contributed by atoms with van der Waals surface area (Å²) in [7, 11) is 1.29. The predicted molar refractivity (Wildman–Crippen MR) is 158 cm³/mol. The molecule has 1 aromatic heterocycles. The number of Topliss-reactive ketones (excluding diaryl/α,β-unsaturated/α-hetero) is 1. The van der Waals surface area contributed by atoms with E-state index in [2.05, 4.69) is 29.0 Å². The first-order valence-electron chi connectivity index (χ1n) is 14.3. The van der Waals surface area contributed by atoms with Crippen LogP contribution in [0.1, 0.15) is 67.8 Å². The summed E-state index contributed by atoms with van der Waals surface area (Å²) in [4.78, 5) is 69.7. The SMILES string of the molecule is COC(=O)N(CCN1[C@@H]2CC[C@H]1C[C@H](NC(=O)c1cc3cc(C(C)C)ccc3[nH]c1=O)C2)C1CC[SH4]C(=O)C1=O. The van der Waals surface area contributed by atoms with E-state index in [-0.39, 0.29) is 34.7 Å². The van der Waals surface area contributed by atoms with Gasteiger partial charge in [0, 0.05) is 36.7 Å². The number of hydrogen-bond donors (Lipinski definition) is 2. The van der Waals surface area contributed by atoms with Crippen LogP contribution < -0.4 is 10.9 Å². The zero-order valence-electron chi connectivity index (χ0n) is 23.4. The zero-order valence-corrected chi connectivity index (χ0v) is 24.8. The number of carbonyl (C=O) groups excluding carboxylic acids is 4. The fourth-order valence-corrected chi connectivity index (χ4v) is 8.08. The van der Waals surface area contributed by atoms with Crippen LogP contribution in [-0.4, -0.2) is 87.8 Å². The molecule has 0 spiro atoms. The highest BCUT2D eigenvalue weighted by molar-refractivity contribution is 8.15. The summed E-state index contributed by atoms with van der Waals surface area (Å²) in [5.74, 6) is 0.243. The Morgan fingerprint density at radius 2 is 1.85 bits per heavy atom. The molecule has 1 aromatic carbocycles. The van der Waals surface area contributed by atoms with Crippen molar-refractivity contribution in [1.82, 2.24) is 20.1 Å². The summed E-state index contributed by atoms with van der Waals surface area (Å²) in [5, 5.41) is 3.66. The van der Waals surface area contributed by atoms with Gasteiger partial charge in [-0.1, -0.05) is 19.9 Å². The fraction of sp³-hybridized carbons (Fsp3) is 0.552. The molecule has 40 heavy (non-hydrogen) atoms. The second-order valence-electron chi connectivity index (χ2n) is 11.6. The van der Waals surface area contributed by atoms with Gasteiger partial charge in [-0.05, 0) is 72.9 Å². The third kappa shape index (κ3) is 5.67. The van der Waals surface area contributed by atoms with Gasteiger partial charge >= 0.3 is 6.09 Å². The number of hydrogen-bond acceptors (Lipinski definition) is 7. The number of rotatable bonds is 7. The molecule has 3 aliphatic rings. The third-order valence-electron chi connectivity index (χ3n) is 8.84. The summed E-state index contributed by atoms with van der Waals surface area (Å²) in [6, 6.07) is 7.23. The molecule has 3 aliphatic heterocycles. The Hall–Kier alpha value is -3.18. The molecule has 0 saturated carbocycles. The maximum Gasteiger partial charge on any atom is 0.410 e. The number of aromatic amines is 1. The molecule has 2 amide bonds. The molecule has 2 aromatic rings. The van der Waals surface area contributed by atoms with Gasteiger partial charge in [-0.2, -0.15) is 0 Å². The molecular weight excluding hydrogens is 532 g/mol. The minimum atomic E-state index is -1.04. The van der Waals surface area contributed by atoms with Gasteiger partial charge in [0.2, 0.25) is 10.9 Å². The first-order valence-corrected chi connectivity index (χ1v) is 16.0. The lowest BCUT2D eigenvalue weighted by Gasteiger charge is -2.41. The van der Waals surface area contributed by atoms with Crippen molar-refractivity contribution in [2.45, 2.75) is 76.0 Å². The number of piperidine rings is 1. The molecule has 2 N–H and O–H groups in total. The molecule has 10 nitrogen and oxygen atoms in total. The standard InChI is InChI=1S/C29H40N4O6S/c1-16(2)17-4-7-23-18(12-17)13-22(27(36)31-23)26(35)30-19-14-20-5-6-21(15-19)32(20)9-10-33(29(38)39-3)24-8-11-40-28(37)25(24)34/h4,7,12-13,16,19-21,24H,5-6,8-11,14-15H2,1-3H3,40H4,(H,30,35)(H,31,36)/t19-,20-,21+,24?. The zero-order chi connectivity index (χ0) is 28.6. The van der Waals surface area contributed by atoms with E-state index in [0.29, 0.717) is 30.9 Å². The van der Waals surface area contributed by atoms with E-state index in [4.69, 9.17) is 4.74 Å². The number of nitrogens with one attached hydrogen (secondary N) is 2. The van der Waals surface area contributed by atoms with Gasteiger partial charge in [-0.15, -0.1) is 0 Å². The first-order chi connectivity index (χ1) is 19.2. The van der Waals surface area contributed by atoms with Gasteiger partial charge in [-0.3, -0.25) is 40.7 Å². The minimum absolute atomic E-state index is 0.0578. The van der Waals surface area contributed by atoms with Gasteiger partial charge in [0.25, 0.3) is 11.5 Å². The number of carbonyl (C=O) groups is 4. The highest BCUT2D eigenvalue weighted by atomic mass is 32.2. The normalized spacial score (nSPS) is 25.1. The Morgan fingerprint density at radius 3 is 2.52 bits per heavy atom. The molecule has 11 heteroatoms. The van der Waals surface area contributed by atoms with Crippen molar-refractivity contribution in [2.24, 2.45) is 0 Å². The minimum Gasteiger partial charge on any atom is -0.453 e. The van der Waals surface area contributed by atoms with Gasteiger partial charge in [-0.25, -0.2) is 4.79 Å². The lowest BCUT2D eigenvalue weighted by molar-refractivity contribution is -0.135. The van der Waals surface area contributed by atoms with E-state index in [0.717, 1.165) is 42.4 Å². The molecule has 0 radical (unpaired) electrons. The largest absolute Gasteiger partial charge is 0.453 e. The maximum absolute atomic E-state index is 13.2. The molecule has 4 atom stereocenters. The number of amides is 2. The lowest BCUT2D eigenvalue weighted by Crippen LogP contribution is -2.55. The fourth-order valence-electron chi connectivity index (χ4n) is 6.68. The quantitative estimate of drug-likeness (QED) is 0.486. The Morgan fingerprint density at radius 1 is 1.12 bits per heavy atom.